The van der Waals surface area contributed by atoms with E-state index in [1.54, 1.807) is 5.12 Å². The van der Waals surface area contributed by atoms with Crippen molar-refractivity contribution in [1.82, 2.24) is 5.12 Å². The number of nitrogens with one attached hydrogen (secondary N) is 1. The highest BCUT2D eigenvalue weighted by molar-refractivity contribution is 5.74. The van der Waals surface area contributed by atoms with Crippen molar-refractivity contribution in [3.63, 3.8) is 0 Å². The minimum Gasteiger partial charge on any atom is -0.343 e. The van der Waals surface area contributed by atoms with Crippen molar-refractivity contribution in [2.75, 3.05) is 14.1 Å². The van der Waals surface area contributed by atoms with Gasteiger partial charge in [0.1, 0.15) is 0 Å². The van der Waals surface area contributed by atoms with Crippen molar-refractivity contribution in [2.24, 2.45) is 5.10 Å². The van der Waals surface area contributed by atoms with Crippen LogP contribution in [0.25, 0.3) is 5.53 Å². The quantitative estimate of drug-likeness (QED) is 0.567. The third-order valence-electron chi connectivity index (χ3n) is 1.46. The van der Waals surface area contributed by atoms with Gasteiger partial charge in [-0.1, -0.05) is 6.92 Å². The summed E-state index contributed by atoms with van der Waals surface area (Å²) in [6.45, 7) is 2.15. The maximum atomic E-state index is 4.21. The van der Waals surface area contributed by atoms with E-state index in [0.29, 0.717) is 0 Å². The lowest BCUT2D eigenvalue weighted by Gasteiger charge is -2.22. The summed E-state index contributed by atoms with van der Waals surface area (Å²) in [5, 5.41) is 6.89. The lowest BCUT2D eigenvalue weighted by molar-refractivity contribution is -0.743. The van der Waals surface area contributed by atoms with Gasteiger partial charge in [0.25, 0.3) is 0 Å². The molecule has 0 bridgehead atoms. The molecule has 0 aromatic heterocycles. The SMILES string of the molecule is CCCC1=NN(C)[N-][NH+]1C. The van der Waals surface area contributed by atoms with Gasteiger partial charge >= 0.3 is 0 Å². The van der Waals surface area contributed by atoms with Crippen LogP contribution in [0.4, 0.5) is 0 Å². The summed E-state index contributed by atoms with van der Waals surface area (Å²) in [7, 11) is 3.85. The van der Waals surface area contributed by atoms with Gasteiger partial charge in [0, 0.05) is 13.5 Å². The summed E-state index contributed by atoms with van der Waals surface area (Å²) >= 11 is 0. The average molecular weight is 142 g/mol. The molecule has 0 amide bonds. The Morgan fingerprint density at radius 1 is 1.70 bits per heavy atom. The zero-order valence-electron chi connectivity index (χ0n) is 6.76. The van der Waals surface area contributed by atoms with Gasteiger partial charge in [-0.3, -0.25) is 0 Å². The molecule has 1 aliphatic heterocycles. The van der Waals surface area contributed by atoms with Crippen molar-refractivity contribution in [3.05, 3.63) is 5.53 Å². The van der Waals surface area contributed by atoms with E-state index in [2.05, 4.69) is 17.6 Å². The Morgan fingerprint density at radius 3 is 2.80 bits per heavy atom. The number of rotatable bonds is 2. The molecule has 4 heteroatoms. The first-order chi connectivity index (χ1) is 4.74. The molecule has 0 spiro atoms. The fourth-order valence-electron chi connectivity index (χ4n) is 1.01. The number of hydrogen-bond donors (Lipinski definition) is 1. The van der Waals surface area contributed by atoms with E-state index in [9.17, 15) is 0 Å². The van der Waals surface area contributed by atoms with Crippen LogP contribution in [0.5, 0.6) is 0 Å². The van der Waals surface area contributed by atoms with Crippen LogP contribution in [-0.2, 0) is 0 Å². The number of hydrazone groups is 1. The lowest BCUT2D eigenvalue weighted by atomic mass is 10.3. The zero-order valence-corrected chi connectivity index (χ0v) is 6.76. The highest BCUT2D eigenvalue weighted by Crippen LogP contribution is 1.98. The van der Waals surface area contributed by atoms with E-state index in [1.807, 2.05) is 14.1 Å². The summed E-state index contributed by atoms with van der Waals surface area (Å²) in [5.41, 5.74) is 4.14. The molecular formula is C6H14N4. The Hall–Kier alpha value is -0.610. The average Bonchev–Trinajstić information content (AvgIpc) is 2.13. The normalized spacial score (nSPS) is 25.3. The molecular weight excluding hydrogens is 128 g/mol. The molecule has 0 radical (unpaired) electrons. The molecule has 0 aliphatic carbocycles. The second kappa shape index (κ2) is 2.98. The van der Waals surface area contributed by atoms with Crippen LogP contribution in [-0.4, -0.2) is 25.0 Å². The molecule has 1 atom stereocenters. The zero-order chi connectivity index (χ0) is 7.56. The highest BCUT2D eigenvalue weighted by atomic mass is 15.9. The maximum absolute atomic E-state index is 4.21. The largest absolute Gasteiger partial charge is 0.343 e. The second-order valence-electron chi connectivity index (χ2n) is 2.47. The molecule has 1 N–H and O–H groups in total. The molecule has 1 rings (SSSR count). The number of nitrogens with zero attached hydrogens (tertiary/aromatic N) is 3. The van der Waals surface area contributed by atoms with Crippen LogP contribution in [0, 0.1) is 0 Å². The van der Waals surface area contributed by atoms with Gasteiger partial charge in [0.05, 0.1) is 7.05 Å². The summed E-state index contributed by atoms with van der Waals surface area (Å²) in [6, 6.07) is 0. The van der Waals surface area contributed by atoms with E-state index in [0.717, 1.165) is 23.7 Å². The minimum atomic E-state index is 1.04. The molecule has 10 heavy (non-hydrogen) atoms. The third-order valence-corrected chi connectivity index (χ3v) is 1.46. The Kier molecular flexibility index (Phi) is 2.24. The molecule has 0 saturated heterocycles. The number of amidine groups is 1. The van der Waals surface area contributed by atoms with Crippen LogP contribution in [0.3, 0.4) is 0 Å². The molecule has 4 nitrogen and oxygen atoms in total. The van der Waals surface area contributed by atoms with E-state index >= 15 is 0 Å². The van der Waals surface area contributed by atoms with Crippen molar-refractivity contribution < 1.29 is 5.01 Å². The number of hydrogen-bond acceptors (Lipinski definition) is 2. The molecule has 1 aliphatic rings. The van der Waals surface area contributed by atoms with Gasteiger partial charge < -0.3 is 15.7 Å². The van der Waals surface area contributed by atoms with Gasteiger partial charge in [-0.05, 0) is 6.42 Å². The van der Waals surface area contributed by atoms with E-state index in [1.165, 1.54) is 0 Å². The maximum Gasteiger partial charge on any atom is 0.208 e. The van der Waals surface area contributed by atoms with Crippen LogP contribution in [0.1, 0.15) is 19.8 Å². The fourth-order valence-corrected chi connectivity index (χ4v) is 1.01. The Morgan fingerprint density at radius 2 is 2.40 bits per heavy atom. The Balaban J connectivity index is 2.48. The van der Waals surface area contributed by atoms with E-state index in [-0.39, 0.29) is 0 Å². The first-order valence-electron chi connectivity index (χ1n) is 3.61. The highest BCUT2D eigenvalue weighted by Gasteiger charge is 2.11. The van der Waals surface area contributed by atoms with Gasteiger partial charge in [0.15, 0.2) is 0 Å². The lowest BCUT2D eigenvalue weighted by Crippen LogP contribution is -3.06. The summed E-state index contributed by atoms with van der Waals surface area (Å²) < 4.78 is 0. The molecule has 0 fully saturated rings. The summed E-state index contributed by atoms with van der Waals surface area (Å²) in [6.07, 6.45) is 2.18. The summed E-state index contributed by atoms with van der Waals surface area (Å²) in [5.74, 6) is 1.13. The van der Waals surface area contributed by atoms with Gasteiger partial charge in [0.2, 0.25) is 5.84 Å². The monoisotopic (exact) mass is 142 g/mol. The van der Waals surface area contributed by atoms with Crippen molar-refractivity contribution in [1.29, 1.82) is 0 Å². The predicted molar refractivity (Wildman–Crippen MR) is 40.4 cm³/mol. The predicted octanol–water partition coefficient (Wildman–Crippen LogP) is -0.236. The standard InChI is InChI=1S/C6H14N4/c1-4-5-6-7-10(3)8-9(6)2/h9H,4-5H2,1-3H3. The van der Waals surface area contributed by atoms with E-state index < -0.39 is 0 Å². The molecule has 0 aromatic carbocycles. The minimum absolute atomic E-state index is 1.04. The van der Waals surface area contributed by atoms with E-state index in [4.69, 9.17) is 0 Å². The van der Waals surface area contributed by atoms with Gasteiger partial charge in [-0.25, -0.2) is 0 Å². The Bertz CT molecular complexity index is 143. The molecule has 0 aromatic rings. The molecule has 58 valence electrons. The Labute approximate surface area is 61.4 Å². The van der Waals surface area contributed by atoms with Crippen molar-refractivity contribution in [2.45, 2.75) is 19.8 Å². The first kappa shape index (κ1) is 7.50. The first-order valence-corrected chi connectivity index (χ1v) is 3.61. The van der Waals surface area contributed by atoms with Gasteiger partial charge in [-0.2, -0.15) is 0 Å². The van der Waals surface area contributed by atoms with Crippen LogP contribution >= 0.6 is 0 Å². The topological polar surface area (TPSA) is 34.1 Å². The molecule has 1 heterocycles. The molecule has 0 saturated carbocycles. The fraction of sp³-hybridized carbons (Fsp3) is 0.833. The van der Waals surface area contributed by atoms with Crippen LogP contribution in [0.15, 0.2) is 5.10 Å². The smallest absolute Gasteiger partial charge is 0.208 e. The van der Waals surface area contributed by atoms with Crippen LogP contribution < -0.4 is 5.01 Å². The van der Waals surface area contributed by atoms with Crippen molar-refractivity contribution in [3.8, 4) is 0 Å². The summed E-state index contributed by atoms with van der Waals surface area (Å²) in [4.78, 5) is 0. The van der Waals surface area contributed by atoms with Gasteiger partial charge in [-0.15, -0.1) is 5.10 Å². The molecule has 1 unspecified atom stereocenters. The number of quaternary nitrogens is 1. The van der Waals surface area contributed by atoms with Crippen LogP contribution in [0.2, 0.25) is 0 Å². The van der Waals surface area contributed by atoms with Crippen molar-refractivity contribution >= 4 is 5.84 Å². The third kappa shape index (κ3) is 1.46. The second-order valence-corrected chi connectivity index (χ2v) is 2.47.